The summed E-state index contributed by atoms with van der Waals surface area (Å²) >= 11 is 0. The summed E-state index contributed by atoms with van der Waals surface area (Å²) < 4.78 is 41.8. The molecule has 0 bridgehead atoms. The number of nitrogens with two attached hydrogens (primary N) is 3. The van der Waals surface area contributed by atoms with Gasteiger partial charge in [0.2, 0.25) is 0 Å². The number of benzene rings is 4. The van der Waals surface area contributed by atoms with Crippen molar-refractivity contribution < 1.29 is 52.1 Å². The number of ether oxygens (including phenoxy) is 3. The standard InChI is InChI=1S/C25H28N2O4.C21H34N2O3S.C17H26N2O2.C6H15N.C4H9ClOS.H4N2.H2O/c1-2-3-6-17-9-11-18(12-10-17)26-25(30)31-20-15-13-19(14-16-20)27-23(28)21-7-4-5-8-22(21)24(27)29;1-5-6-7-16-8-10-17(11-9-16)22-20(24)26-19-14-12-18(13-15-19)23-27(25)21(2,3)4;1-2-3-4-13-5-9-15(10-6-13)19-17(20)21-16-11-7-14(18)8-12-16;1-4-7(5-2)6-3;1-4(2,3)7(5)6;1-2;/h4-5,7-12,19-20H,2-3,6,13-16H2,1H3,(H,26,30);8-11,18-19,23H,5-7,12-15H2,1-4H3,(H,22,24);5-6,9-10,14,16H,2-4,7-8,11-12,18H2,1H3,(H,19,20);4-6H2,1-3H3;1-3H3;1-2H2;1H2. The van der Waals surface area contributed by atoms with E-state index in [0.29, 0.717) is 42.5 Å². The van der Waals surface area contributed by atoms with Crippen LogP contribution in [0.5, 0.6) is 0 Å². The van der Waals surface area contributed by atoms with Crippen molar-refractivity contribution in [3.63, 3.8) is 0 Å². The summed E-state index contributed by atoms with van der Waals surface area (Å²) in [5.41, 5.74) is 12.9. The number of amides is 5. The van der Waals surface area contributed by atoms with Gasteiger partial charge in [-0.3, -0.25) is 42.1 Å². The first kappa shape index (κ1) is 86.3. The maximum Gasteiger partial charge on any atom is 0.411 e. The van der Waals surface area contributed by atoms with Crippen LogP contribution < -0.4 is 38.1 Å². The molecule has 0 radical (unpaired) electrons. The van der Waals surface area contributed by atoms with E-state index in [4.69, 9.17) is 30.6 Å². The molecule has 0 saturated heterocycles. The summed E-state index contributed by atoms with van der Waals surface area (Å²) in [5.74, 6) is 7.56. The Morgan fingerprint density at radius 3 is 1.08 bits per heavy atom. The highest BCUT2D eigenvalue weighted by molar-refractivity contribution is 8.09. The fourth-order valence-corrected chi connectivity index (χ4v) is 11.7. The molecule has 96 heavy (non-hydrogen) atoms. The van der Waals surface area contributed by atoms with E-state index in [-0.39, 0.29) is 69.3 Å². The number of nitrogens with one attached hydrogen (secondary N) is 4. The van der Waals surface area contributed by atoms with Gasteiger partial charge in [-0.2, -0.15) is 0 Å². The molecule has 2 atom stereocenters. The molecule has 20 nitrogen and oxygen atoms in total. The van der Waals surface area contributed by atoms with Gasteiger partial charge in [0.1, 0.15) is 28.3 Å². The maximum atomic E-state index is 12.7. The molecule has 1 aliphatic heterocycles. The molecule has 540 valence electrons. The van der Waals surface area contributed by atoms with E-state index in [2.05, 4.69) is 103 Å². The molecule has 0 spiro atoms. The van der Waals surface area contributed by atoms with Crippen molar-refractivity contribution in [1.82, 2.24) is 14.5 Å². The molecule has 12 N–H and O–H groups in total. The Morgan fingerprint density at radius 2 is 0.812 bits per heavy atom. The summed E-state index contributed by atoms with van der Waals surface area (Å²) in [5, 5.41) is 8.39. The first-order chi connectivity index (χ1) is 45.3. The van der Waals surface area contributed by atoms with Gasteiger partial charge in [0.15, 0.2) is 0 Å². The zero-order chi connectivity index (χ0) is 70.5. The van der Waals surface area contributed by atoms with Gasteiger partial charge in [-0.1, -0.05) is 109 Å². The molecule has 8 rings (SSSR count). The number of unbranched alkanes of at least 4 members (excludes halogenated alkanes) is 3. The first-order valence-corrected chi connectivity index (χ1v) is 37.7. The number of fused-ring (bicyclic) bond motifs is 1. The largest absolute Gasteiger partial charge is 0.446 e. The second kappa shape index (κ2) is 46.5. The average Bonchev–Trinajstić information content (AvgIpc) is 1.63. The number of halogens is 1. The molecule has 23 heteroatoms. The zero-order valence-electron chi connectivity index (χ0n) is 59.6. The molecule has 3 aliphatic carbocycles. The number of carbonyl (C=O) groups excluding carboxylic acids is 5. The number of hydrogen-bond donors (Lipinski definition) is 7. The van der Waals surface area contributed by atoms with Gasteiger partial charge >= 0.3 is 18.3 Å². The van der Waals surface area contributed by atoms with Crippen molar-refractivity contribution in [3.05, 3.63) is 125 Å². The lowest BCUT2D eigenvalue weighted by molar-refractivity contribution is 0.0401. The van der Waals surface area contributed by atoms with Crippen LogP contribution in [0.25, 0.3) is 0 Å². The molecule has 3 saturated carbocycles. The van der Waals surface area contributed by atoms with Crippen LogP contribution in [-0.2, 0) is 54.5 Å². The van der Waals surface area contributed by atoms with E-state index in [0.717, 1.165) is 94.8 Å². The number of rotatable bonds is 21. The number of aryl methyl sites for hydroxylation is 3. The van der Waals surface area contributed by atoms with Crippen LogP contribution in [0, 0.1) is 0 Å². The zero-order valence-corrected chi connectivity index (χ0v) is 62.0. The highest BCUT2D eigenvalue weighted by Crippen LogP contribution is 2.33. The van der Waals surface area contributed by atoms with Crippen molar-refractivity contribution in [2.45, 2.75) is 264 Å². The van der Waals surface area contributed by atoms with Crippen molar-refractivity contribution in [2.24, 2.45) is 17.4 Å². The van der Waals surface area contributed by atoms with E-state index in [1.54, 1.807) is 24.3 Å². The van der Waals surface area contributed by atoms with Crippen LogP contribution in [0.3, 0.4) is 0 Å². The smallest absolute Gasteiger partial charge is 0.411 e. The minimum atomic E-state index is -1.21. The molecule has 3 fully saturated rings. The van der Waals surface area contributed by atoms with Crippen LogP contribution >= 0.6 is 10.7 Å². The quantitative estimate of drug-likeness (QED) is 0.0134. The van der Waals surface area contributed by atoms with Gasteiger partial charge in [0.05, 0.1) is 31.6 Å². The number of anilines is 3. The number of nitrogens with zero attached hydrogens (tertiary/aromatic N) is 2. The van der Waals surface area contributed by atoms with E-state index in [9.17, 15) is 32.4 Å². The lowest BCUT2D eigenvalue weighted by atomic mass is 9.92. The number of carbonyl (C=O) groups is 5. The third-order valence-electron chi connectivity index (χ3n) is 16.8. The molecular formula is C73H118ClN9O11S2. The van der Waals surface area contributed by atoms with Gasteiger partial charge in [0.25, 0.3) is 11.8 Å². The van der Waals surface area contributed by atoms with Gasteiger partial charge < -0.3 is 30.3 Å². The van der Waals surface area contributed by atoms with Crippen molar-refractivity contribution in [3.8, 4) is 0 Å². The van der Waals surface area contributed by atoms with Crippen LogP contribution in [-0.4, -0.2) is 119 Å². The number of hydrogen-bond acceptors (Lipinski definition) is 14. The summed E-state index contributed by atoms with van der Waals surface area (Å²) in [6.45, 7) is 28.0. The summed E-state index contributed by atoms with van der Waals surface area (Å²) in [6.07, 6.45) is 18.2. The summed E-state index contributed by atoms with van der Waals surface area (Å²) in [7, 11) is 2.96. The minimum absolute atomic E-state index is 0. The van der Waals surface area contributed by atoms with Gasteiger partial charge in [0, 0.05) is 35.2 Å². The normalized spacial score (nSPS) is 19.4. The molecule has 4 aliphatic rings. The fraction of sp³-hybridized carbons (Fsp3) is 0.603. The predicted molar refractivity (Wildman–Crippen MR) is 395 cm³/mol. The highest BCUT2D eigenvalue weighted by atomic mass is 35.7. The molecule has 0 aromatic heterocycles. The minimum Gasteiger partial charge on any atom is -0.446 e. The highest BCUT2D eigenvalue weighted by Gasteiger charge is 2.41. The lowest BCUT2D eigenvalue weighted by Crippen LogP contribution is -2.43. The maximum absolute atomic E-state index is 12.7. The van der Waals surface area contributed by atoms with Crippen LogP contribution in [0.15, 0.2) is 97.1 Å². The fourth-order valence-electron chi connectivity index (χ4n) is 10.8. The van der Waals surface area contributed by atoms with E-state index in [1.807, 2.05) is 90.1 Å². The number of hydrazine groups is 1. The Kier molecular flexibility index (Phi) is 41.7. The van der Waals surface area contributed by atoms with Crippen molar-refractivity contribution >= 4 is 78.8 Å². The van der Waals surface area contributed by atoms with Crippen LogP contribution in [0.1, 0.15) is 236 Å². The topological polar surface area (TPSA) is 311 Å². The second-order valence-electron chi connectivity index (χ2n) is 26.4. The van der Waals surface area contributed by atoms with Crippen molar-refractivity contribution in [2.75, 3.05) is 35.6 Å². The Balaban J connectivity index is 0.000000442. The average molecular weight is 1400 g/mol. The monoisotopic (exact) mass is 1400 g/mol. The van der Waals surface area contributed by atoms with Gasteiger partial charge in [-0.25, -0.2) is 27.5 Å². The lowest BCUT2D eigenvalue weighted by Gasteiger charge is -2.33. The van der Waals surface area contributed by atoms with Gasteiger partial charge in [-0.05, 0) is 253 Å². The third kappa shape index (κ3) is 32.7. The Hall–Kier alpha value is -5.82. The third-order valence-corrected chi connectivity index (χ3v) is 20.8. The summed E-state index contributed by atoms with van der Waals surface area (Å²) in [6, 6.07) is 31.1. The number of imide groups is 1. The molecule has 1 heterocycles. The second-order valence-corrected chi connectivity index (χ2v) is 30.9. The molecular weight excluding hydrogens is 1280 g/mol. The van der Waals surface area contributed by atoms with E-state index >= 15 is 0 Å². The van der Waals surface area contributed by atoms with Crippen molar-refractivity contribution in [1.29, 1.82) is 0 Å². The molecule has 5 amide bonds. The van der Waals surface area contributed by atoms with E-state index in [1.165, 1.54) is 66.9 Å². The Morgan fingerprint density at radius 1 is 0.510 bits per heavy atom. The Bertz CT molecular complexity index is 2860. The molecule has 4 aromatic rings. The van der Waals surface area contributed by atoms with Crippen LogP contribution in [0.2, 0.25) is 0 Å². The Labute approximate surface area is 584 Å². The predicted octanol–water partition coefficient (Wildman–Crippen LogP) is 15.0. The molecule has 4 aromatic carbocycles. The van der Waals surface area contributed by atoms with Gasteiger partial charge in [-0.15, -0.1) is 0 Å². The first-order valence-electron chi connectivity index (χ1n) is 34.5. The summed E-state index contributed by atoms with van der Waals surface area (Å²) in [4.78, 5) is 65.3. The van der Waals surface area contributed by atoms with Crippen LogP contribution in [0.4, 0.5) is 31.4 Å². The SMILES string of the molecule is CC(C)(C)S(=O)Cl.CCCCc1ccc(NC(=O)OC2CCC(N)CC2)cc1.CCCCc1ccc(NC(=O)OC2CCC(N3C(=O)c4ccccc4C3=O)CC2)cc1.CCCCc1ccc(NC(=O)OC2CCC(NS(=O)C(C)(C)C)CC2)cc1.CCN(CC)CC.NN.O. The van der Waals surface area contributed by atoms with E-state index < -0.39 is 33.2 Å². The molecule has 2 unspecified atom stereocenters.